The predicted molar refractivity (Wildman–Crippen MR) is 73.5 cm³/mol. The molecule has 7 heteroatoms. The van der Waals surface area contributed by atoms with Gasteiger partial charge in [0.25, 0.3) is 0 Å². The Morgan fingerprint density at radius 1 is 1.42 bits per heavy atom. The largest absolute Gasteiger partial charge is 0.434 e. The van der Waals surface area contributed by atoms with Crippen LogP contribution in [0, 0.1) is 0 Å². The van der Waals surface area contributed by atoms with Gasteiger partial charge in [-0.25, -0.2) is 4.98 Å². The van der Waals surface area contributed by atoms with Gasteiger partial charge in [0, 0.05) is 6.54 Å². The van der Waals surface area contributed by atoms with Crippen LogP contribution in [0.25, 0.3) is 0 Å². The Balaban J connectivity index is 2.18. The van der Waals surface area contributed by atoms with Crippen LogP contribution in [0.5, 0.6) is 0 Å². The second-order valence-electron chi connectivity index (χ2n) is 4.50. The molecule has 0 bridgehead atoms. The van der Waals surface area contributed by atoms with Crippen molar-refractivity contribution in [3.05, 3.63) is 15.6 Å². The summed E-state index contributed by atoms with van der Waals surface area (Å²) < 4.78 is 38.9. The monoisotopic (exact) mass is 310 g/mol. The number of thioether (sulfide) groups is 1. The zero-order valence-corrected chi connectivity index (χ0v) is 12.4. The SMILES string of the molecule is CCCNCc1sc(C2CCCS2)nc1C(F)(F)F. The van der Waals surface area contributed by atoms with E-state index >= 15 is 0 Å². The van der Waals surface area contributed by atoms with E-state index in [1.807, 2.05) is 6.92 Å². The van der Waals surface area contributed by atoms with Crippen molar-refractivity contribution < 1.29 is 13.2 Å². The molecule has 2 rings (SSSR count). The highest BCUT2D eigenvalue weighted by atomic mass is 32.2. The number of hydrogen-bond acceptors (Lipinski definition) is 4. The van der Waals surface area contributed by atoms with Crippen molar-refractivity contribution in [1.29, 1.82) is 0 Å². The molecule has 0 spiro atoms. The Labute approximate surface area is 119 Å². The molecule has 0 amide bonds. The molecule has 1 saturated heterocycles. The van der Waals surface area contributed by atoms with E-state index in [1.54, 1.807) is 11.8 Å². The van der Waals surface area contributed by atoms with Gasteiger partial charge in [-0.15, -0.1) is 11.3 Å². The average Bonchev–Trinajstić information content (AvgIpc) is 2.96. The Kier molecular flexibility index (Phi) is 5.14. The second-order valence-corrected chi connectivity index (χ2v) is 6.93. The quantitative estimate of drug-likeness (QED) is 0.824. The molecular formula is C12H17F3N2S2. The maximum Gasteiger partial charge on any atom is 0.434 e. The molecule has 1 unspecified atom stereocenters. The minimum atomic E-state index is -4.35. The number of halogens is 3. The summed E-state index contributed by atoms with van der Waals surface area (Å²) in [5, 5.41) is 3.83. The molecule has 19 heavy (non-hydrogen) atoms. The van der Waals surface area contributed by atoms with E-state index in [0.29, 0.717) is 9.88 Å². The average molecular weight is 310 g/mol. The molecule has 1 atom stereocenters. The van der Waals surface area contributed by atoms with Crippen LogP contribution in [0.4, 0.5) is 13.2 Å². The predicted octanol–water partition coefficient (Wildman–Crippen LogP) is 4.23. The summed E-state index contributed by atoms with van der Waals surface area (Å²) in [7, 11) is 0. The maximum atomic E-state index is 13.0. The van der Waals surface area contributed by atoms with Crippen LogP contribution in [0.1, 0.15) is 47.0 Å². The summed E-state index contributed by atoms with van der Waals surface area (Å²) in [6.45, 7) is 2.98. The number of thiazole rings is 1. The molecule has 1 aromatic rings. The van der Waals surface area contributed by atoms with Crippen molar-refractivity contribution in [2.45, 2.75) is 44.2 Å². The summed E-state index contributed by atoms with van der Waals surface area (Å²) in [5.74, 6) is 1.02. The van der Waals surface area contributed by atoms with Gasteiger partial charge in [0.1, 0.15) is 5.01 Å². The Morgan fingerprint density at radius 3 is 2.79 bits per heavy atom. The molecule has 1 aliphatic heterocycles. The molecule has 2 nitrogen and oxygen atoms in total. The topological polar surface area (TPSA) is 24.9 Å². The summed E-state index contributed by atoms with van der Waals surface area (Å²) in [4.78, 5) is 4.20. The Morgan fingerprint density at radius 2 is 2.21 bits per heavy atom. The molecule has 1 N–H and O–H groups in total. The normalized spacial score (nSPS) is 20.1. The highest BCUT2D eigenvalue weighted by Gasteiger charge is 2.38. The lowest BCUT2D eigenvalue weighted by atomic mass is 10.2. The van der Waals surface area contributed by atoms with Crippen LogP contribution in [-0.4, -0.2) is 17.3 Å². The maximum absolute atomic E-state index is 13.0. The fourth-order valence-electron chi connectivity index (χ4n) is 2.00. The lowest BCUT2D eigenvalue weighted by molar-refractivity contribution is -0.141. The van der Waals surface area contributed by atoms with Gasteiger partial charge in [-0.2, -0.15) is 24.9 Å². The van der Waals surface area contributed by atoms with Crippen molar-refractivity contribution >= 4 is 23.1 Å². The van der Waals surface area contributed by atoms with E-state index in [-0.39, 0.29) is 11.8 Å². The highest BCUT2D eigenvalue weighted by Crippen LogP contribution is 2.44. The summed E-state index contributed by atoms with van der Waals surface area (Å²) in [5.41, 5.74) is -0.691. The third-order valence-electron chi connectivity index (χ3n) is 2.90. The molecule has 108 valence electrons. The molecule has 0 aromatic carbocycles. The smallest absolute Gasteiger partial charge is 0.312 e. The standard InChI is InChI=1S/C12H17F3N2S2/c1-2-5-16-7-9-10(12(13,14)15)17-11(19-9)8-4-3-6-18-8/h8,16H,2-7H2,1H3. The molecule has 2 heterocycles. The van der Waals surface area contributed by atoms with Crippen molar-refractivity contribution in [3.63, 3.8) is 0 Å². The van der Waals surface area contributed by atoms with Gasteiger partial charge in [0.2, 0.25) is 0 Å². The molecular weight excluding hydrogens is 293 g/mol. The van der Waals surface area contributed by atoms with E-state index < -0.39 is 11.9 Å². The van der Waals surface area contributed by atoms with Gasteiger partial charge in [0.15, 0.2) is 5.69 Å². The van der Waals surface area contributed by atoms with Crippen LogP contribution >= 0.6 is 23.1 Å². The fraction of sp³-hybridized carbons (Fsp3) is 0.750. The van der Waals surface area contributed by atoms with Crippen LogP contribution in [0.15, 0.2) is 0 Å². The number of hydrogen-bond donors (Lipinski definition) is 1. The van der Waals surface area contributed by atoms with E-state index in [4.69, 9.17) is 0 Å². The van der Waals surface area contributed by atoms with Crippen LogP contribution in [-0.2, 0) is 12.7 Å². The molecule has 1 aromatic heterocycles. The minimum Gasteiger partial charge on any atom is -0.312 e. The van der Waals surface area contributed by atoms with Crippen molar-refractivity contribution in [3.8, 4) is 0 Å². The van der Waals surface area contributed by atoms with Crippen molar-refractivity contribution in [2.24, 2.45) is 0 Å². The first kappa shape index (κ1) is 15.1. The van der Waals surface area contributed by atoms with Gasteiger partial charge in [-0.3, -0.25) is 0 Å². The van der Waals surface area contributed by atoms with E-state index in [2.05, 4.69) is 10.3 Å². The third kappa shape index (κ3) is 3.86. The number of aromatic nitrogens is 1. The van der Waals surface area contributed by atoms with Gasteiger partial charge < -0.3 is 5.32 Å². The highest BCUT2D eigenvalue weighted by molar-refractivity contribution is 7.99. The van der Waals surface area contributed by atoms with Crippen LogP contribution < -0.4 is 5.32 Å². The zero-order valence-electron chi connectivity index (χ0n) is 10.7. The van der Waals surface area contributed by atoms with E-state index in [0.717, 1.165) is 31.6 Å². The number of rotatable bonds is 5. The molecule has 0 radical (unpaired) electrons. The number of nitrogens with one attached hydrogen (secondary N) is 1. The Bertz CT molecular complexity index is 412. The number of alkyl halides is 3. The molecule has 1 aliphatic rings. The summed E-state index contributed by atoms with van der Waals surface area (Å²) in [6, 6.07) is 0. The van der Waals surface area contributed by atoms with Gasteiger partial charge in [-0.1, -0.05) is 6.92 Å². The third-order valence-corrected chi connectivity index (χ3v) is 5.60. The lowest BCUT2D eigenvalue weighted by Crippen LogP contribution is -2.17. The van der Waals surface area contributed by atoms with Gasteiger partial charge >= 0.3 is 6.18 Å². The first-order chi connectivity index (χ1) is 9.02. The Hall–Kier alpha value is -0.270. The van der Waals surface area contributed by atoms with Crippen LogP contribution in [0.2, 0.25) is 0 Å². The molecule has 0 aliphatic carbocycles. The summed E-state index contributed by atoms with van der Waals surface area (Å²) >= 11 is 2.94. The van der Waals surface area contributed by atoms with Crippen LogP contribution in [0.3, 0.4) is 0 Å². The first-order valence-electron chi connectivity index (χ1n) is 6.41. The van der Waals surface area contributed by atoms with E-state index in [1.165, 1.54) is 11.3 Å². The fourth-order valence-corrected chi connectivity index (χ4v) is 4.57. The number of nitrogens with zero attached hydrogens (tertiary/aromatic N) is 1. The van der Waals surface area contributed by atoms with Gasteiger partial charge in [0.05, 0.1) is 10.1 Å². The summed E-state index contributed by atoms with van der Waals surface area (Å²) in [6.07, 6.45) is -1.43. The first-order valence-corrected chi connectivity index (χ1v) is 8.28. The zero-order chi connectivity index (χ0) is 13.9. The lowest BCUT2D eigenvalue weighted by Gasteiger charge is -2.06. The van der Waals surface area contributed by atoms with E-state index in [9.17, 15) is 13.2 Å². The molecule has 0 saturated carbocycles. The van der Waals surface area contributed by atoms with Crippen molar-refractivity contribution in [2.75, 3.05) is 12.3 Å². The van der Waals surface area contributed by atoms with Gasteiger partial charge in [-0.05, 0) is 31.6 Å². The molecule has 1 fully saturated rings. The van der Waals surface area contributed by atoms with Crippen molar-refractivity contribution in [1.82, 2.24) is 10.3 Å². The second kappa shape index (κ2) is 6.45. The minimum absolute atomic E-state index is 0.158.